The van der Waals surface area contributed by atoms with Crippen LogP contribution in [0.3, 0.4) is 0 Å². The Bertz CT molecular complexity index is 1020. The van der Waals surface area contributed by atoms with Crippen LogP contribution in [0.4, 0.5) is 0 Å². The molecular weight excluding hydrogens is 388 g/mol. The predicted octanol–water partition coefficient (Wildman–Crippen LogP) is 5.79. The van der Waals surface area contributed by atoms with Crippen LogP contribution < -0.4 is 4.74 Å². The molecule has 3 rings (SSSR count). The van der Waals surface area contributed by atoms with Gasteiger partial charge in [-0.1, -0.05) is 47.8 Å². The SMILES string of the molecule is COC(C)=O.COC=C1CC=Cc2ccc(C#CC(C)(C)Oc3ccc(C)cc3)cc21. The second kappa shape index (κ2) is 11.1. The number of ether oxygens (including phenoxy) is 3. The summed E-state index contributed by atoms with van der Waals surface area (Å²) in [6.45, 7) is 7.39. The monoisotopic (exact) mass is 418 g/mol. The van der Waals surface area contributed by atoms with Gasteiger partial charge in [-0.15, -0.1) is 0 Å². The van der Waals surface area contributed by atoms with Gasteiger partial charge in [-0.2, -0.15) is 0 Å². The number of carbonyl (C=O) groups excluding carboxylic acids is 1. The molecule has 0 spiro atoms. The van der Waals surface area contributed by atoms with Crippen molar-refractivity contribution in [3.63, 3.8) is 0 Å². The molecule has 1 aliphatic rings. The molecule has 4 heteroatoms. The van der Waals surface area contributed by atoms with Gasteiger partial charge >= 0.3 is 5.97 Å². The Morgan fingerprint density at radius 1 is 1.10 bits per heavy atom. The van der Waals surface area contributed by atoms with Crippen molar-refractivity contribution in [1.29, 1.82) is 0 Å². The quantitative estimate of drug-likeness (QED) is 0.360. The minimum Gasteiger partial charge on any atom is -0.504 e. The van der Waals surface area contributed by atoms with Crippen LogP contribution in [-0.4, -0.2) is 25.8 Å². The lowest BCUT2D eigenvalue weighted by Crippen LogP contribution is -2.25. The maximum absolute atomic E-state index is 9.59. The lowest BCUT2D eigenvalue weighted by atomic mass is 9.91. The third-order valence-corrected chi connectivity index (χ3v) is 4.48. The average molecular weight is 419 g/mol. The van der Waals surface area contributed by atoms with E-state index in [1.807, 2.05) is 50.4 Å². The largest absolute Gasteiger partial charge is 0.504 e. The zero-order chi connectivity index (χ0) is 22.9. The molecule has 162 valence electrons. The minimum absolute atomic E-state index is 0.245. The molecule has 0 amide bonds. The molecule has 4 nitrogen and oxygen atoms in total. The van der Waals surface area contributed by atoms with Crippen LogP contribution in [0.15, 0.2) is 54.8 Å². The summed E-state index contributed by atoms with van der Waals surface area (Å²) in [5.74, 6) is 7.10. The third-order valence-electron chi connectivity index (χ3n) is 4.48. The summed E-state index contributed by atoms with van der Waals surface area (Å²) in [5, 5.41) is 0. The Morgan fingerprint density at radius 3 is 2.39 bits per heavy atom. The zero-order valence-corrected chi connectivity index (χ0v) is 19.1. The van der Waals surface area contributed by atoms with Crippen molar-refractivity contribution in [2.75, 3.05) is 14.2 Å². The molecule has 0 saturated heterocycles. The number of hydrogen-bond donors (Lipinski definition) is 0. The van der Waals surface area contributed by atoms with Crippen molar-refractivity contribution in [1.82, 2.24) is 0 Å². The number of aryl methyl sites for hydroxylation is 1. The average Bonchev–Trinajstić information content (AvgIpc) is 2.75. The Balaban J connectivity index is 0.000000614. The van der Waals surface area contributed by atoms with Gasteiger partial charge in [0.1, 0.15) is 5.75 Å². The smallest absolute Gasteiger partial charge is 0.302 e. The minimum atomic E-state index is -0.573. The first-order chi connectivity index (χ1) is 14.7. The number of methoxy groups -OCH3 is 2. The van der Waals surface area contributed by atoms with Crippen molar-refractivity contribution in [3.8, 4) is 17.6 Å². The fraction of sp³-hybridized carbons (Fsp3) is 0.296. The summed E-state index contributed by atoms with van der Waals surface area (Å²) in [6.07, 6.45) is 6.98. The van der Waals surface area contributed by atoms with E-state index in [1.54, 1.807) is 7.11 Å². The van der Waals surface area contributed by atoms with E-state index in [-0.39, 0.29) is 5.97 Å². The van der Waals surface area contributed by atoms with Crippen molar-refractivity contribution >= 4 is 17.6 Å². The standard InChI is InChI=1S/C24H24O2.C3H6O2/c1-18-8-12-22(13-9-18)26-24(2,3)15-14-19-10-11-20-6-5-7-21(17-25-4)23(20)16-19;1-3(4)5-2/h5-6,8-13,16-17H,7H2,1-4H3;1-2H3. The Hall–Kier alpha value is -3.45. The van der Waals surface area contributed by atoms with Gasteiger partial charge in [-0.05, 0) is 68.2 Å². The fourth-order valence-electron chi connectivity index (χ4n) is 2.88. The van der Waals surface area contributed by atoms with Crippen molar-refractivity contribution in [2.45, 2.75) is 39.7 Å². The normalized spacial score (nSPS) is 13.2. The van der Waals surface area contributed by atoms with Crippen LogP contribution in [0.1, 0.15) is 49.4 Å². The van der Waals surface area contributed by atoms with Gasteiger partial charge in [0.15, 0.2) is 5.60 Å². The van der Waals surface area contributed by atoms with Gasteiger partial charge in [0.2, 0.25) is 0 Å². The van der Waals surface area contributed by atoms with E-state index < -0.39 is 5.60 Å². The van der Waals surface area contributed by atoms with Crippen molar-refractivity contribution < 1.29 is 19.0 Å². The maximum Gasteiger partial charge on any atom is 0.302 e. The molecule has 0 bridgehead atoms. The van der Waals surface area contributed by atoms with Gasteiger partial charge in [0.05, 0.1) is 20.5 Å². The van der Waals surface area contributed by atoms with Crippen LogP contribution in [0.25, 0.3) is 11.6 Å². The molecule has 0 fully saturated rings. The highest BCUT2D eigenvalue weighted by Crippen LogP contribution is 2.29. The first-order valence-corrected chi connectivity index (χ1v) is 10.1. The molecule has 0 unspecified atom stereocenters. The highest BCUT2D eigenvalue weighted by molar-refractivity contribution is 5.79. The number of hydrogen-bond acceptors (Lipinski definition) is 4. The van der Waals surface area contributed by atoms with E-state index >= 15 is 0 Å². The summed E-state index contributed by atoms with van der Waals surface area (Å²) < 4.78 is 15.4. The fourth-order valence-corrected chi connectivity index (χ4v) is 2.88. The van der Waals surface area contributed by atoms with E-state index in [0.717, 1.165) is 17.7 Å². The Kier molecular flexibility index (Phi) is 8.52. The predicted molar refractivity (Wildman–Crippen MR) is 126 cm³/mol. The first kappa shape index (κ1) is 23.8. The van der Waals surface area contributed by atoms with Crippen LogP contribution in [-0.2, 0) is 14.3 Å². The number of rotatable bonds is 3. The summed E-state index contributed by atoms with van der Waals surface area (Å²) in [6, 6.07) is 14.3. The van der Waals surface area contributed by atoms with Gasteiger partial charge in [-0.3, -0.25) is 4.79 Å². The highest BCUT2D eigenvalue weighted by Gasteiger charge is 2.16. The summed E-state index contributed by atoms with van der Waals surface area (Å²) in [5.41, 5.74) is 5.16. The lowest BCUT2D eigenvalue weighted by Gasteiger charge is -2.20. The summed E-state index contributed by atoms with van der Waals surface area (Å²) in [4.78, 5) is 9.59. The number of allylic oxidation sites excluding steroid dienone is 2. The molecule has 2 aromatic rings. The molecule has 31 heavy (non-hydrogen) atoms. The van der Waals surface area contributed by atoms with Crippen molar-refractivity contribution in [2.24, 2.45) is 0 Å². The van der Waals surface area contributed by atoms with Crippen LogP contribution in [0, 0.1) is 18.8 Å². The van der Waals surface area contributed by atoms with Crippen molar-refractivity contribution in [3.05, 3.63) is 77.1 Å². The number of fused-ring (bicyclic) bond motifs is 1. The number of carbonyl (C=O) groups is 1. The topological polar surface area (TPSA) is 44.8 Å². The molecule has 2 aromatic carbocycles. The summed E-state index contributed by atoms with van der Waals surface area (Å²) >= 11 is 0. The van der Waals surface area contributed by atoms with Gasteiger partial charge in [0.25, 0.3) is 0 Å². The Labute approximate surface area is 185 Å². The van der Waals surface area contributed by atoms with E-state index in [2.05, 4.69) is 47.8 Å². The molecule has 1 aliphatic carbocycles. The van der Waals surface area contributed by atoms with E-state index in [4.69, 9.17) is 9.47 Å². The molecule has 0 radical (unpaired) electrons. The molecule has 0 atom stereocenters. The van der Waals surface area contributed by atoms with Crippen LogP contribution in [0.2, 0.25) is 0 Å². The molecule has 0 aromatic heterocycles. The number of esters is 1. The zero-order valence-electron chi connectivity index (χ0n) is 19.1. The summed E-state index contributed by atoms with van der Waals surface area (Å²) in [7, 11) is 3.03. The van der Waals surface area contributed by atoms with E-state index in [0.29, 0.717) is 0 Å². The molecule has 0 N–H and O–H groups in total. The van der Waals surface area contributed by atoms with E-state index in [9.17, 15) is 4.79 Å². The maximum atomic E-state index is 9.59. The van der Waals surface area contributed by atoms with Gasteiger partial charge < -0.3 is 14.2 Å². The molecule has 0 saturated carbocycles. The third kappa shape index (κ3) is 7.71. The van der Waals surface area contributed by atoms with Gasteiger partial charge in [0, 0.05) is 12.5 Å². The van der Waals surface area contributed by atoms with Gasteiger partial charge in [-0.25, -0.2) is 0 Å². The highest BCUT2D eigenvalue weighted by atomic mass is 16.5. The molecular formula is C27H30O4. The lowest BCUT2D eigenvalue weighted by molar-refractivity contribution is -0.137. The molecule has 0 aliphatic heterocycles. The second-order valence-electron chi connectivity index (χ2n) is 7.66. The number of benzene rings is 2. The van der Waals surface area contributed by atoms with Crippen LogP contribution >= 0.6 is 0 Å². The first-order valence-electron chi connectivity index (χ1n) is 10.1. The Morgan fingerprint density at radius 2 is 1.77 bits per heavy atom. The van der Waals surface area contributed by atoms with E-state index in [1.165, 1.54) is 36.3 Å². The van der Waals surface area contributed by atoms with Crippen LogP contribution in [0.5, 0.6) is 5.75 Å². The molecule has 0 heterocycles. The second-order valence-corrected chi connectivity index (χ2v) is 7.66.